The molecule has 0 fully saturated rings. The van der Waals surface area contributed by atoms with E-state index in [4.69, 9.17) is 11.6 Å². The number of halogens is 2. The van der Waals surface area contributed by atoms with Crippen LogP contribution in [0.2, 0.25) is 5.02 Å². The molecule has 2 aromatic heterocycles. The lowest BCUT2D eigenvalue weighted by Gasteiger charge is -2.07. The van der Waals surface area contributed by atoms with Gasteiger partial charge in [-0.25, -0.2) is 9.37 Å². The number of hydrogen-bond donors (Lipinski definition) is 1. The minimum Gasteiger partial charge on any atom is -0.325 e. The Morgan fingerprint density at radius 1 is 1.35 bits per heavy atom. The van der Waals surface area contributed by atoms with Crippen LogP contribution in [0.4, 0.5) is 10.1 Å². The van der Waals surface area contributed by atoms with Crippen molar-refractivity contribution in [3.05, 3.63) is 47.6 Å². The second-order valence-corrected chi connectivity index (χ2v) is 6.46. The number of aromatic nitrogens is 5. The summed E-state index contributed by atoms with van der Waals surface area (Å²) < 4.78 is 15.0. The zero-order valence-corrected chi connectivity index (χ0v) is 15.3. The van der Waals surface area contributed by atoms with Crippen LogP contribution >= 0.6 is 23.4 Å². The van der Waals surface area contributed by atoms with Crippen molar-refractivity contribution in [3.8, 4) is 11.5 Å². The molecule has 134 valence electrons. The van der Waals surface area contributed by atoms with Crippen molar-refractivity contribution in [3.63, 3.8) is 0 Å². The lowest BCUT2D eigenvalue weighted by Crippen LogP contribution is -2.14. The second kappa shape index (κ2) is 8.24. The Morgan fingerprint density at radius 2 is 2.19 bits per heavy atom. The van der Waals surface area contributed by atoms with Crippen molar-refractivity contribution in [2.75, 3.05) is 11.1 Å². The summed E-state index contributed by atoms with van der Waals surface area (Å²) in [5.74, 6) is -0.0852. The fourth-order valence-corrected chi connectivity index (χ4v) is 3.17. The van der Waals surface area contributed by atoms with Crippen molar-refractivity contribution < 1.29 is 9.18 Å². The van der Waals surface area contributed by atoms with E-state index in [1.165, 1.54) is 30.0 Å². The number of benzene rings is 1. The lowest BCUT2D eigenvalue weighted by atomic mass is 10.3. The minimum atomic E-state index is -0.536. The Bertz CT molecular complexity index is 920. The number of carbonyl (C=O) groups is 1. The van der Waals surface area contributed by atoms with Gasteiger partial charge in [0.1, 0.15) is 11.5 Å². The summed E-state index contributed by atoms with van der Waals surface area (Å²) in [6.07, 6.45) is 4.77. The first-order valence-electron chi connectivity index (χ1n) is 7.65. The fourth-order valence-electron chi connectivity index (χ4n) is 2.19. The maximum Gasteiger partial charge on any atom is 0.234 e. The highest BCUT2D eigenvalue weighted by Crippen LogP contribution is 2.23. The number of anilines is 1. The topological polar surface area (TPSA) is 85.6 Å². The van der Waals surface area contributed by atoms with E-state index < -0.39 is 5.82 Å². The van der Waals surface area contributed by atoms with Gasteiger partial charge in [-0.15, -0.1) is 10.2 Å². The predicted molar refractivity (Wildman–Crippen MR) is 97.5 cm³/mol. The van der Waals surface area contributed by atoms with Gasteiger partial charge < -0.3 is 9.88 Å². The zero-order valence-electron chi connectivity index (χ0n) is 13.7. The molecule has 3 rings (SSSR count). The van der Waals surface area contributed by atoms with Crippen LogP contribution in [0.25, 0.3) is 11.5 Å². The number of nitrogens with zero attached hydrogens (tertiary/aromatic N) is 5. The largest absolute Gasteiger partial charge is 0.325 e. The molecule has 7 nitrogen and oxygen atoms in total. The van der Waals surface area contributed by atoms with Gasteiger partial charge in [0.2, 0.25) is 5.91 Å². The van der Waals surface area contributed by atoms with Crippen molar-refractivity contribution in [1.82, 2.24) is 24.7 Å². The van der Waals surface area contributed by atoms with Crippen LogP contribution in [0.15, 0.2) is 41.9 Å². The maximum atomic E-state index is 13.2. The molecule has 0 saturated carbocycles. The summed E-state index contributed by atoms with van der Waals surface area (Å²) in [4.78, 5) is 20.4. The fraction of sp³-hybridized carbons (Fsp3) is 0.188. The summed E-state index contributed by atoms with van der Waals surface area (Å²) in [7, 11) is 0. The van der Waals surface area contributed by atoms with Crippen LogP contribution in [-0.2, 0) is 11.3 Å². The van der Waals surface area contributed by atoms with Crippen molar-refractivity contribution in [1.29, 1.82) is 0 Å². The van der Waals surface area contributed by atoms with Gasteiger partial charge in [0.05, 0.1) is 17.0 Å². The Labute approximate surface area is 158 Å². The van der Waals surface area contributed by atoms with Crippen LogP contribution in [0.1, 0.15) is 6.92 Å². The molecule has 1 amide bonds. The molecular formula is C16H14ClFN6OS. The van der Waals surface area contributed by atoms with Crippen molar-refractivity contribution >= 4 is 35.0 Å². The molecular weight excluding hydrogens is 379 g/mol. The summed E-state index contributed by atoms with van der Waals surface area (Å²) in [6.45, 7) is 2.57. The van der Waals surface area contributed by atoms with E-state index in [1.54, 1.807) is 18.6 Å². The molecule has 0 spiro atoms. The summed E-state index contributed by atoms with van der Waals surface area (Å²) >= 11 is 6.95. The van der Waals surface area contributed by atoms with Crippen LogP contribution in [-0.4, -0.2) is 36.4 Å². The molecule has 0 aliphatic rings. The molecule has 0 bridgehead atoms. The highest BCUT2D eigenvalue weighted by atomic mass is 35.5. The molecule has 1 N–H and O–H groups in total. The van der Waals surface area contributed by atoms with Crippen molar-refractivity contribution in [2.45, 2.75) is 18.6 Å². The maximum absolute atomic E-state index is 13.2. The Balaban J connectivity index is 1.67. The molecule has 0 radical (unpaired) electrons. The number of nitrogens with one attached hydrogen (secondary N) is 1. The third kappa shape index (κ3) is 4.17. The standard InChI is InChI=1S/C16H14ClFN6OS/c1-2-24-15(13-8-19-5-6-20-13)22-23-16(24)26-9-14(25)21-10-3-4-12(18)11(17)7-10/h3-8H,2,9H2,1H3,(H,21,25). The molecule has 0 atom stereocenters. The molecule has 3 aromatic rings. The minimum absolute atomic E-state index is 0.0465. The molecule has 0 saturated heterocycles. The quantitative estimate of drug-likeness (QED) is 0.648. The predicted octanol–water partition coefficient (Wildman–Crippen LogP) is 3.28. The monoisotopic (exact) mass is 392 g/mol. The van der Waals surface area contributed by atoms with E-state index in [0.29, 0.717) is 28.9 Å². The van der Waals surface area contributed by atoms with Gasteiger partial charge in [0.25, 0.3) is 0 Å². The van der Waals surface area contributed by atoms with Crippen LogP contribution < -0.4 is 5.32 Å². The van der Waals surface area contributed by atoms with Crippen LogP contribution in [0.3, 0.4) is 0 Å². The van der Waals surface area contributed by atoms with E-state index >= 15 is 0 Å². The SMILES string of the molecule is CCn1c(SCC(=O)Nc2ccc(F)c(Cl)c2)nnc1-c1cnccn1. The van der Waals surface area contributed by atoms with Gasteiger partial charge >= 0.3 is 0 Å². The van der Waals surface area contributed by atoms with E-state index in [-0.39, 0.29) is 16.7 Å². The molecule has 1 aromatic carbocycles. The summed E-state index contributed by atoms with van der Waals surface area (Å²) in [5.41, 5.74) is 1.04. The van der Waals surface area contributed by atoms with Gasteiger partial charge in [0, 0.05) is 24.6 Å². The third-order valence-electron chi connectivity index (χ3n) is 3.36. The van der Waals surface area contributed by atoms with Gasteiger partial charge in [-0.05, 0) is 25.1 Å². The highest BCUT2D eigenvalue weighted by Gasteiger charge is 2.15. The number of carbonyl (C=O) groups excluding carboxylic acids is 1. The lowest BCUT2D eigenvalue weighted by molar-refractivity contribution is -0.113. The van der Waals surface area contributed by atoms with E-state index in [9.17, 15) is 9.18 Å². The normalized spacial score (nSPS) is 10.7. The molecule has 0 unspecified atom stereocenters. The van der Waals surface area contributed by atoms with Gasteiger partial charge in [0.15, 0.2) is 11.0 Å². The smallest absolute Gasteiger partial charge is 0.234 e. The van der Waals surface area contributed by atoms with Crippen LogP contribution in [0.5, 0.6) is 0 Å². The number of hydrogen-bond acceptors (Lipinski definition) is 6. The van der Waals surface area contributed by atoms with Gasteiger partial charge in [-0.1, -0.05) is 23.4 Å². The third-order valence-corrected chi connectivity index (χ3v) is 4.62. The first kappa shape index (κ1) is 18.3. The zero-order chi connectivity index (χ0) is 18.5. The van der Waals surface area contributed by atoms with Crippen molar-refractivity contribution in [2.24, 2.45) is 0 Å². The second-order valence-electron chi connectivity index (χ2n) is 5.11. The summed E-state index contributed by atoms with van der Waals surface area (Å²) in [5, 5.41) is 11.5. The van der Waals surface area contributed by atoms with E-state index in [1.807, 2.05) is 11.5 Å². The highest BCUT2D eigenvalue weighted by molar-refractivity contribution is 7.99. The first-order chi connectivity index (χ1) is 12.6. The van der Waals surface area contributed by atoms with Gasteiger partial charge in [-0.2, -0.15) is 0 Å². The first-order valence-corrected chi connectivity index (χ1v) is 9.02. The number of rotatable bonds is 6. The molecule has 10 heteroatoms. The molecule has 26 heavy (non-hydrogen) atoms. The Morgan fingerprint density at radius 3 is 2.88 bits per heavy atom. The van der Waals surface area contributed by atoms with Crippen LogP contribution in [0, 0.1) is 5.82 Å². The Hall–Kier alpha value is -2.52. The Kier molecular flexibility index (Phi) is 5.79. The molecule has 0 aliphatic heterocycles. The number of amides is 1. The van der Waals surface area contributed by atoms with E-state index in [2.05, 4.69) is 25.5 Å². The number of thioether (sulfide) groups is 1. The molecule has 2 heterocycles. The summed E-state index contributed by atoms with van der Waals surface area (Å²) in [6, 6.07) is 4.01. The van der Waals surface area contributed by atoms with E-state index in [0.717, 1.165) is 0 Å². The average molecular weight is 393 g/mol. The average Bonchev–Trinajstić information content (AvgIpc) is 3.07. The van der Waals surface area contributed by atoms with Gasteiger partial charge in [-0.3, -0.25) is 9.78 Å². The molecule has 0 aliphatic carbocycles.